The van der Waals surface area contributed by atoms with Gasteiger partial charge in [0.2, 0.25) is 0 Å². The zero-order valence-corrected chi connectivity index (χ0v) is 17.5. The van der Waals surface area contributed by atoms with Gasteiger partial charge in [0.15, 0.2) is 0 Å². The van der Waals surface area contributed by atoms with E-state index >= 15 is 0 Å². The van der Waals surface area contributed by atoms with Crippen LogP contribution in [0.4, 0.5) is 9.59 Å². The van der Waals surface area contributed by atoms with Crippen molar-refractivity contribution in [3.63, 3.8) is 0 Å². The minimum Gasteiger partial charge on any atom is -0.607 e. The van der Waals surface area contributed by atoms with Crippen LogP contribution in [0.1, 0.15) is 57.8 Å². The van der Waals surface area contributed by atoms with E-state index in [1.54, 1.807) is 9.80 Å². The second-order valence-corrected chi connectivity index (χ2v) is 11.7. The molecule has 0 aromatic heterocycles. The summed E-state index contributed by atoms with van der Waals surface area (Å²) in [5.74, 6) is 0.566. The van der Waals surface area contributed by atoms with Crippen LogP contribution < -0.4 is 0 Å². The van der Waals surface area contributed by atoms with Crippen molar-refractivity contribution in [1.29, 1.82) is 0 Å². The maximum absolute atomic E-state index is 12.7. The molecule has 5 atom stereocenters. The number of nitrogens with zero attached hydrogens (tertiary/aromatic N) is 2. The van der Waals surface area contributed by atoms with Gasteiger partial charge in [0.05, 0.1) is 0 Å². The molecule has 8 heteroatoms. The molecule has 0 bridgehead atoms. The molecule has 152 valence electrons. The molecule has 2 saturated carbocycles. The van der Waals surface area contributed by atoms with Crippen molar-refractivity contribution in [3.8, 4) is 0 Å². The van der Waals surface area contributed by atoms with Crippen LogP contribution in [-0.4, -0.2) is 66.1 Å². The Bertz CT molecular complexity index is 568. The van der Waals surface area contributed by atoms with Crippen LogP contribution in [0.5, 0.6) is 0 Å². The number of carbonyl (C=O) groups is 2. The predicted octanol–water partition coefficient (Wildman–Crippen LogP) is 2.86. The predicted molar refractivity (Wildman–Crippen MR) is 106 cm³/mol. The highest BCUT2D eigenvalue weighted by Gasteiger charge is 2.55. The fourth-order valence-electron chi connectivity index (χ4n) is 4.65. The molecule has 2 aliphatic heterocycles. The molecule has 0 aromatic carbocycles. The van der Waals surface area contributed by atoms with Crippen molar-refractivity contribution in [2.45, 2.75) is 68.3 Å². The first-order valence-electron chi connectivity index (χ1n) is 10.4. The molecule has 0 N–H and O–H groups in total. The molecule has 2 saturated heterocycles. The van der Waals surface area contributed by atoms with E-state index < -0.39 is 22.4 Å². The summed E-state index contributed by atoms with van der Waals surface area (Å²) in [6.07, 6.45) is 8.79. The normalized spacial score (nSPS) is 33.9. The second kappa shape index (κ2) is 8.51. The van der Waals surface area contributed by atoms with Crippen molar-refractivity contribution >= 4 is 32.8 Å². The molecule has 0 spiro atoms. The van der Waals surface area contributed by atoms with Crippen molar-refractivity contribution in [2.24, 2.45) is 11.8 Å². The molecule has 0 radical (unpaired) electrons. The fourth-order valence-corrected chi connectivity index (χ4v) is 7.74. The van der Waals surface area contributed by atoms with E-state index in [-0.39, 0.29) is 26.9 Å². The minimum atomic E-state index is -1.44. The van der Waals surface area contributed by atoms with E-state index in [2.05, 4.69) is 0 Å². The van der Waals surface area contributed by atoms with Crippen LogP contribution in [0.15, 0.2) is 0 Å². The van der Waals surface area contributed by atoms with Crippen LogP contribution in [0.2, 0.25) is 0 Å². The average molecular weight is 415 g/mol. The number of likely N-dealkylation sites (tertiary alicyclic amines) is 2. The summed E-state index contributed by atoms with van der Waals surface area (Å²) in [6, 6.07) is 0. The maximum Gasteiger partial charge on any atom is 0.429 e. The van der Waals surface area contributed by atoms with Gasteiger partial charge in [-0.1, -0.05) is 0 Å². The summed E-state index contributed by atoms with van der Waals surface area (Å²) in [5.41, 5.74) is 0. The molecule has 4 fully saturated rings. The molecule has 4 aliphatic rings. The van der Waals surface area contributed by atoms with Crippen LogP contribution >= 0.6 is 0 Å². The zero-order chi connectivity index (χ0) is 19.0. The van der Waals surface area contributed by atoms with Crippen molar-refractivity contribution in [2.75, 3.05) is 26.2 Å². The lowest BCUT2D eigenvalue weighted by atomic mass is 9.94. The number of carbonyl (C=O) groups excluding carboxylic acids is 2. The molecule has 0 aromatic rings. The van der Waals surface area contributed by atoms with E-state index in [1.807, 2.05) is 0 Å². The summed E-state index contributed by atoms with van der Waals surface area (Å²) in [4.78, 5) is 28.6. The van der Waals surface area contributed by atoms with E-state index in [0.29, 0.717) is 19.0 Å². The Labute approximate surface area is 167 Å². The zero-order valence-electron chi connectivity index (χ0n) is 15.8. The quantitative estimate of drug-likeness (QED) is 0.665. The Hall–Kier alpha value is -0.440. The highest BCUT2D eigenvalue weighted by molar-refractivity contribution is 8.06. The Balaban J connectivity index is 1.29. The molecule has 4 rings (SSSR count). The molecular weight excluding hydrogens is 384 g/mol. The maximum atomic E-state index is 12.7. The van der Waals surface area contributed by atoms with Gasteiger partial charge in [-0.05, 0) is 57.3 Å². The first-order valence-corrected chi connectivity index (χ1v) is 12.9. The molecule has 2 heterocycles. The lowest BCUT2D eigenvalue weighted by Crippen LogP contribution is -2.47. The summed E-state index contributed by atoms with van der Waals surface area (Å²) >= 11 is -2.83. The smallest absolute Gasteiger partial charge is 0.429 e. The third-order valence-electron chi connectivity index (χ3n) is 6.69. The molecule has 2 amide bonds. The van der Waals surface area contributed by atoms with Crippen molar-refractivity contribution in [1.82, 2.24) is 9.80 Å². The van der Waals surface area contributed by atoms with E-state index in [9.17, 15) is 18.7 Å². The van der Waals surface area contributed by atoms with Gasteiger partial charge in [0.1, 0.15) is 10.5 Å². The summed E-state index contributed by atoms with van der Waals surface area (Å²) < 4.78 is 25.1. The number of rotatable bonds is 3. The Kier molecular flexibility index (Phi) is 6.26. The van der Waals surface area contributed by atoms with E-state index in [0.717, 1.165) is 70.9 Å². The van der Waals surface area contributed by atoms with Gasteiger partial charge in [-0.25, -0.2) is 9.59 Å². The van der Waals surface area contributed by atoms with Gasteiger partial charge in [-0.3, -0.25) is 9.80 Å². The number of amides is 2. The molecule has 27 heavy (non-hydrogen) atoms. The third-order valence-corrected chi connectivity index (χ3v) is 10.1. The lowest BCUT2D eigenvalue weighted by Gasteiger charge is -2.35. The standard InChI is InChI=1S/C19H30N2O4S2/c22-18(20-9-2-1-3-10-20)27(25)17-12-16(17)14-6-5-11-21(13-14)19(23)26(24)15-7-4-8-15/h14-17H,1-13H2. The number of hydrogen-bond acceptors (Lipinski definition) is 4. The van der Waals surface area contributed by atoms with Gasteiger partial charge < -0.3 is 9.11 Å². The summed E-state index contributed by atoms with van der Waals surface area (Å²) in [5, 5.41) is -0.373. The van der Waals surface area contributed by atoms with Crippen LogP contribution in [0.25, 0.3) is 0 Å². The van der Waals surface area contributed by atoms with Crippen molar-refractivity contribution in [3.05, 3.63) is 0 Å². The summed E-state index contributed by atoms with van der Waals surface area (Å²) in [7, 11) is 0. The Morgan fingerprint density at radius 3 is 2.11 bits per heavy atom. The average Bonchev–Trinajstić information content (AvgIpc) is 3.46. The van der Waals surface area contributed by atoms with Gasteiger partial charge >= 0.3 is 10.5 Å². The van der Waals surface area contributed by atoms with E-state index in [4.69, 9.17) is 0 Å². The first kappa shape index (κ1) is 19.9. The first-order chi connectivity index (χ1) is 13.1. The topological polar surface area (TPSA) is 86.7 Å². The lowest BCUT2D eigenvalue weighted by molar-refractivity contribution is 0.176. The van der Waals surface area contributed by atoms with Crippen LogP contribution in [-0.2, 0) is 22.4 Å². The molecule has 6 nitrogen and oxygen atoms in total. The van der Waals surface area contributed by atoms with E-state index in [1.165, 1.54) is 0 Å². The Morgan fingerprint density at radius 1 is 0.778 bits per heavy atom. The fraction of sp³-hybridized carbons (Fsp3) is 0.895. The largest absolute Gasteiger partial charge is 0.607 e. The monoisotopic (exact) mass is 414 g/mol. The van der Waals surface area contributed by atoms with Gasteiger partial charge in [0.25, 0.3) is 0 Å². The summed E-state index contributed by atoms with van der Waals surface area (Å²) in [6.45, 7) is 2.77. The highest BCUT2D eigenvalue weighted by atomic mass is 32.2. The SMILES string of the molecule is O=C(N1CCCC(C2CC2[S+]([O-])C(=O)N2CCCCC2)C1)[S+]([O-])C1CCC1. The molecule has 2 aliphatic carbocycles. The van der Waals surface area contributed by atoms with Gasteiger partial charge in [-0.2, -0.15) is 0 Å². The van der Waals surface area contributed by atoms with Crippen LogP contribution in [0.3, 0.4) is 0 Å². The van der Waals surface area contributed by atoms with Gasteiger partial charge in [-0.15, -0.1) is 0 Å². The van der Waals surface area contributed by atoms with Crippen LogP contribution in [0, 0.1) is 11.8 Å². The molecule has 5 unspecified atom stereocenters. The van der Waals surface area contributed by atoms with Crippen molar-refractivity contribution < 1.29 is 18.7 Å². The highest BCUT2D eigenvalue weighted by Crippen LogP contribution is 2.47. The third kappa shape index (κ3) is 4.28. The van der Waals surface area contributed by atoms with Gasteiger partial charge in [0, 0.05) is 60.9 Å². The second-order valence-electron chi connectivity index (χ2n) is 8.51. The number of piperidine rings is 2. The molecular formula is C19H30N2O4S2. The Morgan fingerprint density at radius 2 is 1.44 bits per heavy atom. The number of hydrogen-bond donors (Lipinski definition) is 0. The minimum absolute atomic E-state index is 0.0448.